The summed E-state index contributed by atoms with van der Waals surface area (Å²) in [6.45, 7) is 16.7. The highest BCUT2D eigenvalue weighted by Gasteiger charge is 2.29. The van der Waals surface area contributed by atoms with E-state index in [9.17, 15) is 10.2 Å². The largest absolute Gasteiger partial charge is 0.507 e. The van der Waals surface area contributed by atoms with Crippen LogP contribution in [0.25, 0.3) is 11.0 Å². The molecule has 4 nitrogen and oxygen atoms in total. The molecule has 0 fully saturated rings. The first-order chi connectivity index (χ1) is 13.3. The highest BCUT2D eigenvalue weighted by Crippen LogP contribution is 2.42. The van der Waals surface area contributed by atoms with E-state index in [0.29, 0.717) is 11.6 Å². The van der Waals surface area contributed by atoms with Crippen molar-refractivity contribution in [3.8, 4) is 5.75 Å². The van der Waals surface area contributed by atoms with Crippen LogP contribution in [-0.4, -0.2) is 19.8 Å². The molecular weight excluding hydrogens is 360 g/mol. The van der Waals surface area contributed by atoms with Gasteiger partial charge in [-0.15, -0.1) is 0 Å². The molecule has 0 aliphatic heterocycles. The van der Waals surface area contributed by atoms with Gasteiger partial charge in [0.1, 0.15) is 17.7 Å². The van der Waals surface area contributed by atoms with Crippen LogP contribution in [0.5, 0.6) is 5.75 Å². The lowest BCUT2D eigenvalue weighted by Gasteiger charge is -2.29. The number of benzene rings is 2. The summed E-state index contributed by atoms with van der Waals surface area (Å²) in [6, 6.07) is 12.0. The highest BCUT2D eigenvalue weighted by molar-refractivity contribution is 5.76. The smallest absolute Gasteiger partial charge is 0.143 e. The maximum absolute atomic E-state index is 11.4. The molecule has 4 heteroatoms. The van der Waals surface area contributed by atoms with Crippen LogP contribution >= 0.6 is 0 Å². The Labute approximate surface area is 174 Å². The Morgan fingerprint density at radius 3 is 1.90 bits per heavy atom. The molecule has 0 saturated heterocycles. The Balaban J connectivity index is 2.26. The lowest BCUT2D eigenvalue weighted by molar-refractivity contribution is 0.202. The van der Waals surface area contributed by atoms with Crippen molar-refractivity contribution in [1.29, 1.82) is 0 Å². The van der Waals surface area contributed by atoms with E-state index in [-0.39, 0.29) is 16.9 Å². The van der Waals surface area contributed by atoms with Gasteiger partial charge in [-0.25, -0.2) is 4.98 Å². The number of hydrogen-bond donors (Lipinski definition) is 2. The van der Waals surface area contributed by atoms with E-state index in [2.05, 4.69) is 60.0 Å². The van der Waals surface area contributed by atoms with Gasteiger partial charge in [0.05, 0.1) is 11.0 Å². The fourth-order valence-electron chi connectivity index (χ4n) is 3.91. The number of rotatable bonds is 3. The second kappa shape index (κ2) is 7.17. The minimum atomic E-state index is -0.882. The molecule has 0 spiro atoms. The molecule has 1 aromatic heterocycles. The SMILES string of the molecule is CC(C)n1c(C(O)c2cc(C(C)(C)C)c(O)c(C(C)(C)C)c2)nc2ccccc21. The second-order valence-electron chi connectivity index (χ2n) is 10.3. The van der Waals surface area contributed by atoms with Crippen LogP contribution in [0.15, 0.2) is 36.4 Å². The molecule has 3 rings (SSSR count). The van der Waals surface area contributed by atoms with Crippen LogP contribution in [0.1, 0.15) is 90.1 Å². The summed E-state index contributed by atoms with van der Waals surface area (Å²) in [7, 11) is 0. The Morgan fingerprint density at radius 1 is 0.897 bits per heavy atom. The van der Waals surface area contributed by atoms with E-state index in [4.69, 9.17) is 4.98 Å². The molecule has 1 unspecified atom stereocenters. The lowest BCUT2D eigenvalue weighted by Crippen LogP contribution is -2.19. The van der Waals surface area contributed by atoms with Crippen molar-refractivity contribution in [2.45, 2.75) is 78.4 Å². The average molecular weight is 395 g/mol. The minimum Gasteiger partial charge on any atom is -0.507 e. The maximum atomic E-state index is 11.4. The average Bonchev–Trinajstić information content (AvgIpc) is 2.99. The van der Waals surface area contributed by atoms with Crippen molar-refractivity contribution in [2.75, 3.05) is 0 Å². The van der Waals surface area contributed by atoms with E-state index in [1.807, 2.05) is 36.4 Å². The summed E-state index contributed by atoms with van der Waals surface area (Å²) in [6.07, 6.45) is -0.882. The third-order valence-corrected chi connectivity index (χ3v) is 5.45. The lowest BCUT2D eigenvalue weighted by atomic mass is 9.78. The number of nitrogens with zero attached hydrogens (tertiary/aromatic N) is 2. The Morgan fingerprint density at radius 2 is 1.41 bits per heavy atom. The molecule has 0 radical (unpaired) electrons. The zero-order chi connectivity index (χ0) is 21.7. The molecule has 0 amide bonds. The van der Waals surface area contributed by atoms with Gasteiger partial charge in [-0.3, -0.25) is 0 Å². The summed E-state index contributed by atoms with van der Waals surface area (Å²) >= 11 is 0. The van der Waals surface area contributed by atoms with Crippen LogP contribution in [0.2, 0.25) is 0 Å². The Kier molecular flexibility index (Phi) is 5.29. The molecule has 3 aromatic rings. The number of aromatic hydroxyl groups is 1. The number of hydrogen-bond acceptors (Lipinski definition) is 3. The fourth-order valence-corrected chi connectivity index (χ4v) is 3.91. The normalized spacial score (nSPS) is 14.0. The number of aliphatic hydroxyl groups excluding tert-OH is 1. The molecule has 2 N–H and O–H groups in total. The van der Waals surface area contributed by atoms with Gasteiger partial charge in [0.15, 0.2) is 0 Å². The first kappa shape index (κ1) is 21.4. The van der Waals surface area contributed by atoms with Crippen LogP contribution < -0.4 is 0 Å². The number of imidazole rings is 1. The Hall–Kier alpha value is -2.33. The topological polar surface area (TPSA) is 58.3 Å². The van der Waals surface area contributed by atoms with E-state index in [1.54, 1.807) is 0 Å². The van der Waals surface area contributed by atoms with Gasteiger partial charge in [0.2, 0.25) is 0 Å². The molecule has 1 atom stereocenters. The molecule has 156 valence electrons. The third-order valence-electron chi connectivity index (χ3n) is 5.45. The zero-order valence-electron chi connectivity index (χ0n) is 18.9. The van der Waals surface area contributed by atoms with Gasteiger partial charge in [-0.1, -0.05) is 53.7 Å². The molecule has 0 bridgehead atoms. The van der Waals surface area contributed by atoms with Crippen LogP contribution in [0, 0.1) is 0 Å². The van der Waals surface area contributed by atoms with Crippen molar-refractivity contribution in [3.63, 3.8) is 0 Å². The van der Waals surface area contributed by atoms with Gasteiger partial charge in [0.25, 0.3) is 0 Å². The minimum absolute atomic E-state index is 0.160. The van der Waals surface area contributed by atoms with Gasteiger partial charge >= 0.3 is 0 Å². The van der Waals surface area contributed by atoms with Crippen molar-refractivity contribution >= 4 is 11.0 Å². The van der Waals surface area contributed by atoms with Crippen molar-refractivity contribution in [1.82, 2.24) is 9.55 Å². The quantitative estimate of drug-likeness (QED) is 0.573. The maximum Gasteiger partial charge on any atom is 0.143 e. The number of aromatic nitrogens is 2. The first-order valence-corrected chi connectivity index (χ1v) is 10.3. The van der Waals surface area contributed by atoms with E-state index >= 15 is 0 Å². The zero-order valence-corrected chi connectivity index (χ0v) is 18.9. The first-order valence-electron chi connectivity index (χ1n) is 10.3. The van der Waals surface area contributed by atoms with Crippen molar-refractivity contribution < 1.29 is 10.2 Å². The third kappa shape index (κ3) is 3.91. The predicted octanol–water partition coefficient (Wildman–Crippen LogP) is 6.00. The number of fused-ring (bicyclic) bond motifs is 1. The summed E-state index contributed by atoms with van der Waals surface area (Å²) in [5.74, 6) is 0.949. The molecule has 0 aliphatic rings. The molecule has 2 aromatic carbocycles. The van der Waals surface area contributed by atoms with Gasteiger partial charge in [0, 0.05) is 6.04 Å². The van der Waals surface area contributed by atoms with Gasteiger partial charge < -0.3 is 14.8 Å². The van der Waals surface area contributed by atoms with Crippen LogP contribution in [-0.2, 0) is 10.8 Å². The highest BCUT2D eigenvalue weighted by atomic mass is 16.3. The number of phenols is 1. The Bertz CT molecular complexity index is 998. The molecule has 29 heavy (non-hydrogen) atoms. The van der Waals surface area contributed by atoms with Gasteiger partial charge in [-0.05, 0) is 65.6 Å². The van der Waals surface area contributed by atoms with Crippen molar-refractivity contribution in [3.05, 3.63) is 58.9 Å². The van der Waals surface area contributed by atoms with Gasteiger partial charge in [-0.2, -0.15) is 0 Å². The molecule has 0 saturated carbocycles. The van der Waals surface area contributed by atoms with Crippen LogP contribution in [0.4, 0.5) is 0 Å². The van der Waals surface area contributed by atoms with E-state index in [0.717, 1.165) is 27.7 Å². The summed E-state index contributed by atoms with van der Waals surface area (Å²) in [5, 5.41) is 22.4. The van der Waals surface area contributed by atoms with E-state index < -0.39 is 6.10 Å². The monoisotopic (exact) mass is 394 g/mol. The fraction of sp³-hybridized carbons (Fsp3) is 0.480. The second-order valence-corrected chi connectivity index (χ2v) is 10.3. The number of phenolic OH excluding ortho intramolecular Hbond substituents is 1. The standard InChI is InChI=1S/C25H34N2O2/c1-15(2)27-20-12-10-9-11-19(20)26-23(27)21(28)16-13-17(24(3,4)5)22(29)18(14-16)25(6,7)8/h9-15,21,28-29H,1-8H3. The van der Waals surface area contributed by atoms with Crippen molar-refractivity contribution in [2.24, 2.45) is 0 Å². The van der Waals surface area contributed by atoms with E-state index in [1.165, 1.54) is 0 Å². The summed E-state index contributed by atoms with van der Waals surface area (Å²) < 4.78 is 2.10. The summed E-state index contributed by atoms with van der Waals surface area (Å²) in [5.41, 5.74) is 3.83. The van der Waals surface area contributed by atoms with Crippen LogP contribution in [0.3, 0.4) is 0 Å². The molecule has 0 aliphatic carbocycles. The summed E-state index contributed by atoms with van der Waals surface area (Å²) in [4.78, 5) is 4.77. The molecule has 1 heterocycles. The predicted molar refractivity (Wildman–Crippen MR) is 120 cm³/mol. The number of aliphatic hydroxyl groups is 1. The molecular formula is C25H34N2O2. The number of para-hydroxylation sites is 2.